The van der Waals surface area contributed by atoms with E-state index in [-0.39, 0.29) is 11.5 Å². The number of nitro benzene ring substituents is 1. The molecule has 86 valence electrons. The fraction of sp³-hybridized carbons (Fsp3) is 0.0769. The molecule has 0 heterocycles. The van der Waals surface area contributed by atoms with Crippen molar-refractivity contribution in [1.82, 2.24) is 0 Å². The molecule has 0 aliphatic heterocycles. The van der Waals surface area contributed by atoms with Crippen LogP contribution in [0.4, 0.5) is 10.1 Å². The first kappa shape index (κ1) is 11.3. The summed E-state index contributed by atoms with van der Waals surface area (Å²) in [6.07, 6.45) is 0. The minimum atomic E-state index is -0.459. The Bertz CT molecular complexity index is 564. The van der Waals surface area contributed by atoms with Gasteiger partial charge in [0.05, 0.1) is 4.92 Å². The number of halogens is 1. The van der Waals surface area contributed by atoms with Crippen molar-refractivity contribution in [3.63, 3.8) is 0 Å². The zero-order valence-corrected chi connectivity index (χ0v) is 9.18. The molecule has 0 spiro atoms. The van der Waals surface area contributed by atoms with E-state index in [0.717, 1.165) is 5.56 Å². The summed E-state index contributed by atoms with van der Waals surface area (Å²) in [5, 5.41) is 10.5. The molecule has 0 saturated heterocycles. The van der Waals surface area contributed by atoms with Crippen LogP contribution in [0.2, 0.25) is 0 Å². The summed E-state index contributed by atoms with van der Waals surface area (Å²) in [5.41, 5.74) is 2.08. The van der Waals surface area contributed by atoms with Crippen LogP contribution >= 0.6 is 0 Å². The Balaban J connectivity index is 2.39. The topological polar surface area (TPSA) is 43.1 Å². The van der Waals surface area contributed by atoms with Crippen LogP contribution in [-0.2, 0) is 0 Å². The third-order valence-corrected chi connectivity index (χ3v) is 2.58. The molecule has 0 aromatic heterocycles. The van der Waals surface area contributed by atoms with E-state index in [4.69, 9.17) is 0 Å². The molecule has 0 saturated carbocycles. The van der Waals surface area contributed by atoms with Gasteiger partial charge in [-0.25, -0.2) is 4.39 Å². The van der Waals surface area contributed by atoms with Crippen molar-refractivity contribution in [3.05, 3.63) is 64.0 Å². The fourth-order valence-corrected chi connectivity index (χ4v) is 1.55. The van der Waals surface area contributed by atoms with E-state index in [1.165, 1.54) is 18.2 Å². The Morgan fingerprint density at radius 1 is 1.06 bits per heavy atom. The maximum Gasteiger partial charge on any atom is 0.269 e. The number of nitro groups is 1. The number of benzene rings is 2. The molecule has 3 nitrogen and oxygen atoms in total. The summed E-state index contributed by atoms with van der Waals surface area (Å²) in [4.78, 5) is 10.0. The molecule has 17 heavy (non-hydrogen) atoms. The second-order valence-corrected chi connectivity index (χ2v) is 3.77. The van der Waals surface area contributed by atoms with Crippen LogP contribution in [0.15, 0.2) is 42.5 Å². The lowest BCUT2D eigenvalue weighted by Crippen LogP contribution is -1.88. The third-order valence-electron chi connectivity index (χ3n) is 2.58. The molecular weight excluding hydrogens is 221 g/mol. The lowest BCUT2D eigenvalue weighted by Gasteiger charge is -2.03. The van der Waals surface area contributed by atoms with Gasteiger partial charge in [-0.2, -0.15) is 0 Å². The van der Waals surface area contributed by atoms with Gasteiger partial charge in [0.2, 0.25) is 0 Å². The average Bonchev–Trinajstić information content (AvgIpc) is 2.33. The molecule has 0 N–H and O–H groups in total. The maximum absolute atomic E-state index is 13.4. The molecule has 2 aromatic rings. The number of rotatable bonds is 2. The third kappa shape index (κ3) is 2.30. The second kappa shape index (κ2) is 4.33. The maximum atomic E-state index is 13.4. The van der Waals surface area contributed by atoms with Gasteiger partial charge in [-0.3, -0.25) is 10.1 Å². The van der Waals surface area contributed by atoms with Crippen LogP contribution in [0.1, 0.15) is 5.56 Å². The molecule has 0 bridgehead atoms. The number of hydrogen-bond acceptors (Lipinski definition) is 2. The summed E-state index contributed by atoms with van der Waals surface area (Å²) in [6.45, 7) is 1.69. The highest BCUT2D eigenvalue weighted by Gasteiger charge is 2.06. The minimum Gasteiger partial charge on any atom is -0.258 e. The van der Waals surface area contributed by atoms with E-state index in [2.05, 4.69) is 0 Å². The molecule has 2 aromatic carbocycles. The predicted octanol–water partition coefficient (Wildman–Crippen LogP) is 3.71. The predicted molar refractivity (Wildman–Crippen MR) is 63.2 cm³/mol. The zero-order chi connectivity index (χ0) is 12.4. The fourth-order valence-electron chi connectivity index (χ4n) is 1.55. The normalized spacial score (nSPS) is 10.2. The first-order valence-electron chi connectivity index (χ1n) is 5.09. The van der Waals surface area contributed by atoms with Crippen molar-refractivity contribution < 1.29 is 9.31 Å². The Labute approximate surface area is 97.7 Å². The van der Waals surface area contributed by atoms with E-state index in [1.807, 2.05) is 0 Å². The van der Waals surface area contributed by atoms with Crippen LogP contribution < -0.4 is 0 Å². The summed E-state index contributed by atoms with van der Waals surface area (Å²) in [5.74, 6) is -0.277. The molecule has 0 atom stereocenters. The van der Waals surface area contributed by atoms with Crippen molar-refractivity contribution in [2.24, 2.45) is 0 Å². The molecule has 4 heteroatoms. The highest BCUT2D eigenvalue weighted by molar-refractivity contribution is 5.65. The van der Waals surface area contributed by atoms with Crippen molar-refractivity contribution in [2.75, 3.05) is 0 Å². The Kier molecular flexibility index (Phi) is 2.87. The van der Waals surface area contributed by atoms with Gasteiger partial charge < -0.3 is 0 Å². The van der Waals surface area contributed by atoms with Gasteiger partial charge >= 0.3 is 0 Å². The summed E-state index contributed by atoms with van der Waals surface area (Å²) in [6, 6.07) is 11.0. The molecule has 0 aliphatic carbocycles. The smallest absolute Gasteiger partial charge is 0.258 e. The summed E-state index contributed by atoms with van der Waals surface area (Å²) in [7, 11) is 0. The lowest BCUT2D eigenvalue weighted by molar-refractivity contribution is -0.384. The molecular formula is C13H10FNO2. The van der Waals surface area contributed by atoms with Gasteiger partial charge in [0, 0.05) is 12.1 Å². The number of non-ortho nitro benzene ring substituents is 1. The number of nitrogens with zero attached hydrogens (tertiary/aromatic N) is 1. The van der Waals surface area contributed by atoms with Gasteiger partial charge in [0.15, 0.2) is 0 Å². The van der Waals surface area contributed by atoms with Crippen LogP contribution in [0.5, 0.6) is 0 Å². The van der Waals surface area contributed by atoms with Crippen LogP contribution in [0.25, 0.3) is 11.1 Å². The Hall–Kier alpha value is -2.23. The lowest BCUT2D eigenvalue weighted by atomic mass is 10.0. The van der Waals surface area contributed by atoms with Crippen molar-refractivity contribution in [2.45, 2.75) is 6.92 Å². The van der Waals surface area contributed by atoms with Gasteiger partial charge in [0.25, 0.3) is 5.69 Å². The first-order chi connectivity index (χ1) is 8.08. The van der Waals surface area contributed by atoms with E-state index < -0.39 is 4.92 Å². The van der Waals surface area contributed by atoms with Gasteiger partial charge in [-0.1, -0.05) is 12.1 Å². The van der Waals surface area contributed by atoms with Crippen molar-refractivity contribution in [1.29, 1.82) is 0 Å². The highest BCUT2D eigenvalue weighted by Crippen LogP contribution is 2.23. The van der Waals surface area contributed by atoms with E-state index in [9.17, 15) is 14.5 Å². The SMILES string of the molecule is Cc1ccc(-c2ccc([N+](=O)[O-])cc2)cc1F. The summed E-state index contributed by atoms with van der Waals surface area (Å²) >= 11 is 0. The molecule has 2 rings (SSSR count). The van der Waals surface area contributed by atoms with Crippen LogP contribution in [0, 0.1) is 22.9 Å². The molecule has 0 fully saturated rings. The van der Waals surface area contributed by atoms with Gasteiger partial charge in [-0.15, -0.1) is 0 Å². The Morgan fingerprint density at radius 3 is 2.18 bits per heavy atom. The van der Waals surface area contributed by atoms with E-state index in [0.29, 0.717) is 11.1 Å². The van der Waals surface area contributed by atoms with Gasteiger partial charge in [-0.05, 0) is 41.8 Å². The molecule has 0 radical (unpaired) electrons. The molecule has 0 amide bonds. The van der Waals surface area contributed by atoms with E-state index in [1.54, 1.807) is 31.2 Å². The van der Waals surface area contributed by atoms with E-state index >= 15 is 0 Å². The number of aryl methyl sites for hydroxylation is 1. The largest absolute Gasteiger partial charge is 0.269 e. The standard InChI is InChI=1S/C13H10FNO2/c1-9-2-3-11(8-13(9)14)10-4-6-12(7-5-10)15(16)17/h2-8H,1H3. The molecule has 0 unspecified atom stereocenters. The number of hydrogen-bond donors (Lipinski definition) is 0. The van der Waals surface area contributed by atoms with Crippen molar-refractivity contribution >= 4 is 5.69 Å². The van der Waals surface area contributed by atoms with Crippen LogP contribution in [-0.4, -0.2) is 4.92 Å². The van der Waals surface area contributed by atoms with Crippen LogP contribution in [0.3, 0.4) is 0 Å². The Morgan fingerprint density at radius 2 is 1.65 bits per heavy atom. The summed E-state index contributed by atoms with van der Waals surface area (Å²) < 4.78 is 13.4. The molecule has 0 aliphatic rings. The monoisotopic (exact) mass is 231 g/mol. The quantitative estimate of drug-likeness (QED) is 0.584. The first-order valence-corrected chi connectivity index (χ1v) is 5.09. The average molecular weight is 231 g/mol. The van der Waals surface area contributed by atoms with Gasteiger partial charge in [0.1, 0.15) is 5.82 Å². The zero-order valence-electron chi connectivity index (χ0n) is 9.18. The van der Waals surface area contributed by atoms with Crippen molar-refractivity contribution in [3.8, 4) is 11.1 Å². The minimum absolute atomic E-state index is 0.0290. The second-order valence-electron chi connectivity index (χ2n) is 3.77. The highest BCUT2D eigenvalue weighted by atomic mass is 19.1.